The molecule has 9 nitrogen and oxygen atoms in total. The molecule has 1 atom stereocenters. The predicted molar refractivity (Wildman–Crippen MR) is 121 cm³/mol. The van der Waals surface area contributed by atoms with Gasteiger partial charge in [-0.3, -0.25) is 4.90 Å². The number of imidazole rings is 1. The average Bonchev–Trinajstić information content (AvgIpc) is 3.29. The number of aromatic nitrogens is 2. The van der Waals surface area contributed by atoms with E-state index >= 15 is 0 Å². The Morgan fingerprint density at radius 2 is 1.56 bits per heavy atom. The number of fused-ring (bicyclic) bond motifs is 3. The molecule has 0 saturated carbocycles. The van der Waals surface area contributed by atoms with Crippen molar-refractivity contribution in [1.29, 1.82) is 0 Å². The molecule has 0 fully saturated rings. The largest absolute Gasteiger partial charge is 0.497 e. The van der Waals surface area contributed by atoms with Gasteiger partial charge in [-0.2, -0.15) is 4.99 Å². The maximum Gasteiger partial charge on any atom is 0.346 e. The van der Waals surface area contributed by atoms with Crippen molar-refractivity contribution >= 4 is 23.9 Å². The molecular formula is C23H22N6O3. The van der Waals surface area contributed by atoms with Crippen molar-refractivity contribution < 1.29 is 14.3 Å². The highest BCUT2D eigenvalue weighted by Crippen LogP contribution is 2.28. The van der Waals surface area contributed by atoms with Crippen LogP contribution in [-0.2, 0) is 13.1 Å². The van der Waals surface area contributed by atoms with Crippen LogP contribution in [0.25, 0.3) is 0 Å². The molecule has 0 spiro atoms. The zero-order chi connectivity index (χ0) is 22.1. The monoisotopic (exact) mass is 430 g/mol. The summed E-state index contributed by atoms with van der Waals surface area (Å²) >= 11 is 0. The van der Waals surface area contributed by atoms with Gasteiger partial charge in [-0.05, 0) is 35.4 Å². The number of nitrogens with zero attached hydrogens (tertiary/aromatic N) is 5. The van der Waals surface area contributed by atoms with Gasteiger partial charge in [0, 0.05) is 6.54 Å². The summed E-state index contributed by atoms with van der Waals surface area (Å²) in [5.41, 5.74) is 3.24. The van der Waals surface area contributed by atoms with Gasteiger partial charge in [-0.15, -0.1) is 0 Å². The van der Waals surface area contributed by atoms with Crippen LogP contribution >= 0.6 is 0 Å². The van der Waals surface area contributed by atoms with Crippen LogP contribution in [0.3, 0.4) is 0 Å². The second-order valence-corrected chi connectivity index (χ2v) is 7.47. The third-order valence-electron chi connectivity index (χ3n) is 5.52. The van der Waals surface area contributed by atoms with E-state index in [2.05, 4.69) is 20.3 Å². The van der Waals surface area contributed by atoms with Crippen LogP contribution in [0.5, 0.6) is 11.5 Å². The lowest BCUT2D eigenvalue weighted by Gasteiger charge is -2.21. The van der Waals surface area contributed by atoms with E-state index in [0.717, 1.165) is 28.4 Å². The minimum Gasteiger partial charge on any atom is -0.497 e. The minimum atomic E-state index is -0.525. The zero-order valence-electron chi connectivity index (χ0n) is 17.7. The number of nitrogens with one attached hydrogen (secondary N) is 1. The maximum atomic E-state index is 12.7. The molecule has 0 saturated heterocycles. The lowest BCUT2D eigenvalue weighted by molar-refractivity contribution is 0.205. The van der Waals surface area contributed by atoms with E-state index in [1.807, 2.05) is 53.1 Å². The van der Waals surface area contributed by atoms with Gasteiger partial charge in [0.1, 0.15) is 28.7 Å². The molecule has 2 aliphatic rings. The summed E-state index contributed by atoms with van der Waals surface area (Å²) in [6.07, 6.45) is 2.83. The van der Waals surface area contributed by atoms with E-state index in [9.17, 15) is 4.79 Å². The molecule has 9 heteroatoms. The summed E-state index contributed by atoms with van der Waals surface area (Å²) < 4.78 is 12.4. The lowest BCUT2D eigenvalue weighted by Crippen LogP contribution is -2.35. The first kappa shape index (κ1) is 19.8. The molecular weight excluding hydrogens is 408 g/mol. The van der Waals surface area contributed by atoms with E-state index in [-0.39, 0.29) is 6.03 Å². The summed E-state index contributed by atoms with van der Waals surface area (Å²) in [5.74, 6) is 2.33. The van der Waals surface area contributed by atoms with Crippen LogP contribution in [0.15, 0.2) is 64.8 Å². The molecule has 0 radical (unpaired) electrons. The Balaban J connectivity index is 1.39. The summed E-state index contributed by atoms with van der Waals surface area (Å²) in [4.78, 5) is 27.8. The van der Waals surface area contributed by atoms with E-state index in [1.165, 1.54) is 0 Å². The average molecular weight is 430 g/mol. The Bertz CT molecular complexity index is 1200. The number of benzene rings is 2. The predicted octanol–water partition coefficient (Wildman–Crippen LogP) is 3.15. The molecule has 32 heavy (non-hydrogen) atoms. The van der Waals surface area contributed by atoms with Crippen LogP contribution in [0.1, 0.15) is 16.8 Å². The van der Waals surface area contributed by atoms with Gasteiger partial charge in [-0.1, -0.05) is 24.3 Å². The first-order valence-corrected chi connectivity index (χ1v) is 10.1. The highest BCUT2D eigenvalue weighted by molar-refractivity contribution is 6.17. The SMILES string of the molecule is COc1ccc(CN2C(=O)N=C3c4ncn(Cc5ccc(OC)cc5)c4NC=NC32)cc1. The topological polar surface area (TPSA) is 93.3 Å². The Hall–Kier alpha value is -4.14. The highest BCUT2D eigenvalue weighted by Gasteiger charge is 2.38. The Morgan fingerprint density at radius 1 is 0.938 bits per heavy atom. The Labute approximate surface area is 185 Å². The van der Waals surface area contributed by atoms with Crippen molar-refractivity contribution in [3.8, 4) is 11.5 Å². The van der Waals surface area contributed by atoms with Crippen LogP contribution < -0.4 is 14.8 Å². The van der Waals surface area contributed by atoms with Crippen molar-refractivity contribution in [1.82, 2.24) is 14.5 Å². The second-order valence-electron chi connectivity index (χ2n) is 7.47. The number of hydrogen-bond acceptors (Lipinski definition) is 6. The molecule has 2 amide bonds. The van der Waals surface area contributed by atoms with Gasteiger partial charge in [0.15, 0.2) is 6.17 Å². The summed E-state index contributed by atoms with van der Waals surface area (Å²) in [7, 11) is 3.27. The molecule has 0 aliphatic carbocycles. The third-order valence-corrected chi connectivity index (χ3v) is 5.52. The fourth-order valence-electron chi connectivity index (χ4n) is 3.82. The first-order chi connectivity index (χ1) is 15.7. The van der Waals surface area contributed by atoms with Gasteiger partial charge in [-0.25, -0.2) is 14.8 Å². The number of rotatable bonds is 6. The van der Waals surface area contributed by atoms with Crippen molar-refractivity contribution in [3.05, 3.63) is 71.7 Å². The Morgan fingerprint density at radius 3 is 2.19 bits per heavy atom. The molecule has 2 aromatic carbocycles. The van der Waals surface area contributed by atoms with E-state index < -0.39 is 6.17 Å². The second kappa shape index (κ2) is 8.18. The van der Waals surface area contributed by atoms with Gasteiger partial charge in [0.05, 0.1) is 33.4 Å². The maximum absolute atomic E-state index is 12.7. The van der Waals surface area contributed by atoms with Crippen LogP contribution in [0, 0.1) is 0 Å². The quantitative estimate of drug-likeness (QED) is 0.648. The Kier molecular flexibility index (Phi) is 5.06. The summed E-state index contributed by atoms with van der Waals surface area (Å²) in [6, 6.07) is 15.1. The fraction of sp³-hybridized carbons (Fsp3) is 0.217. The zero-order valence-corrected chi connectivity index (χ0v) is 17.7. The molecule has 2 aliphatic heterocycles. The van der Waals surface area contributed by atoms with Crippen molar-refractivity contribution in [3.63, 3.8) is 0 Å². The lowest BCUT2D eigenvalue weighted by atomic mass is 10.1. The molecule has 3 heterocycles. The van der Waals surface area contributed by atoms with Crippen LogP contribution in [-0.4, -0.2) is 52.9 Å². The molecule has 1 unspecified atom stereocenters. The highest BCUT2D eigenvalue weighted by atomic mass is 16.5. The number of aliphatic imine (C=N–C) groups is 2. The van der Waals surface area contributed by atoms with Gasteiger partial charge in [0.2, 0.25) is 0 Å². The van der Waals surface area contributed by atoms with E-state index in [0.29, 0.717) is 24.5 Å². The molecule has 3 aromatic rings. The standard InChI is InChI=1S/C23H22N6O3/c1-31-17-7-3-15(4-8-17)11-28-14-26-19-20-22(25-13-24-21(19)28)29(23(30)27-20)12-16-5-9-18(32-2)10-6-16/h3-10,13-14,22H,11-12H2,1-2H3,(H,24,25). The molecule has 0 bridgehead atoms. The molecule has 1 N–H and O–H groups in total. The number of urea groups is 1. The van der Waals surface area contributed by atoms with E-state index in [4.69, 9.17) is 9.47 Å². The molecule has 1 aromatic heterocycles. The van der Waals surface area contributed by atoms with Crippen molar-refractivity contribution in [2.24, 2.45) is 9.98 Å². The minimum absolute atomic E-state index is 0.324. The number of carbonyl (C=O) groups excluding carboxylic acids is 1. The number of methoxy groups -OCH3 is 2. The first-order valence-electron chi connectivity index (χ1n) is 10.1. The van der Waals surface area contributed by atoms with Gasteiger partial charge < -0.3 is 19.4 Å². The summed E-state index contributed by atoms with van der Waals surface area (Å²) in [5, 5.41) is 3.21. The third kappa shape index (κ3) is 3.58. The number of ether oxygens (including phenoxy) is 2. The number of hydrogen-bond donors (Lipinski definition) is 1. The smallest absolute Gasteiger partial charge is 0.346 e. The van der Waals surface area contributed by atoms with E-state index in [1.54, 1.807) is 31.8 Å². The number of carbonyl (C=O) groups is 1. The van der Waals surface area contributed by atoms with Crippen LogP contribution in [0.2, 0.25) is 0 Å². The normalized spacial score (nSPS) is 16.7. The van der Waals surface area contributed by atoms with Crippen molar-refractivity contribution in [2.75, 3.05) is 19.5 Å². The number of anilines is 1. The van der Waals surface area contributed by atoms with Crippen LogP contribution in [0.4, 0.5) is 10.6 Å². The number of amides is 2. The summed E-state index contributed by atoms with van der Waals surface area (Å²) in [6.45, 7) is 0.994. The fourth-order valence-corrected chi connectivity index (χ4v) is 3.82. The molecule has 162 valence electrons. The van der Waals surface area contributed by atoms with Gasteiger partial charge in [0.25, 0.3) is 0 Å². The molecule has 5 rings (SSSR count). The van der Waals surface area contributed by atoms with Crippen molar-refractivity contribution in [2.45, 2.75) is 19.3 Å². The van der Waals surface area contributed by atoms with Gasteiger partial charge >= 0.3 is 6.03 Å².